The lowest BCUT2D eigenvalue weighted by Gasteiger charge is -2.22. The number of ether oxygens (including phenoxy) is 2. The SMILES string of the molecule is COc1cc(C(O)c2cc(C)cc(C)c2)c(Oc2c(Br)cc(CC(=O)O)cc2Br)cc1C(C)C. The smallest absolute Gasteiger partial charge is 0.307 e. The van der Waals surface area contributed by atoms with Crippen molar-refractivity contribution < 1.29 is 24.5 Å². The maximum absolute atomic E-state index is 11.4. The van der Waals surface area contributed by atoms with Gasteiger partial charge in [0.2, 0.25) is 0 Å². The highest BCUT2D eigenvalue weighted by Crippen LogP contribution is 2.44. The molecule has 0 fully saturated rings. The third kappa shape index (κ3) is 6.01. The molecule has 0 aliphatic rings. The molecule has 0 amide bonds. The van der Waals surface area contributed by atoms with Crippen LogP contribution in [0.4, 0.5) is 0 Å². The van der Waals surface area contributed by atoms with Gasteiger partial charge in [-0.1, -0.05) is 43.2 Å². The van der Waals surface area contributed by atoms with Gasteiger partial charge in [0.15, 0.2) is 5.75 Å². The number of aliphatic hydroxyl groups is 1. The standard InChI is InChI=1S/C27H28Br2O5/c1-14(2)19-12-24(34-27-21(28)9-17(10-22(27)29)11-25(30)31)20(13-23(19)33-5)26(32)18-7-15(3)6-16(4)8-18/h6-10,12-14,26,32H,11H2,1-5H3,(H,30,31). The predicted octanol–water partition coefficient (Wildman–Crippen LogP) is 7.46. The van der Waals surface area contributed by atoms with E-state index in [2.05, 4.69) is 51.8 Å². The van der Waals surface area contributed by atoms with E-state index in [0.29, 0.717) is 37.3 Å². The fraction of sp³-hybridized carbons (Fsp3) is 0.296. The number of halogens is 2. The van der Waals surface area contributed by atoms with Gasteiger partial charge in [-0.15, -0.1) is 0 Å². The molecule has 5 nitrogen and oxygen atoms in total. The zero-order valence-corrected chi connectivity index (χ0v) is 23.0. The topological polar surface area (TPSA) is 76.0 Å². The summed E-state index contributed by atoms with van der Waals surface area (Å²) in [7, 11) is 1.61. The highest BCUT2D eigenvalue weighted by atomic mass is 79.9. The van der Waals surface area contributed by atoms with Crippen LogP contribution in [0.15, 0.2) is 51.4 Å². The van der Waals surface area contributed by atoms with Crippen LogP contribution in [0.3, 0.4) is 0 Å². The van der Waals surface area contributed by atoms with Gasteiger partial charge in [-0.05, 0) is 87.0 Å². The second kappa shape index (κ2) is 10.9. The molecule has 0 saturated heterocycles. The summed E-state index contributed by atoms with van der Waals surface area (Å²) in [5.74, 6) is 0.903. The maximum Gasteiger partial charge on any atom is 0.307 e. The second-order valence-electron chi connectivity index (χ2n) is 8.67. The van der Waals surface area contributed by atoms with E-state index in [1.165, 1.54) is 0 Å². The number of aliphatic carboxylic acids is 1. The molecule has 34 heavy (non-hydrogen) atoms. The van der Waals surface area contributed by atoms with Crippen LogP contribution in [-0.2, 0) is 11.2 Å². The molecule has 0 aliphatic carbocycles. The molecule has 0 spiro atoms. The lowest BCUT2D eigenvalue weighted by Crippen LogP contribution is -2.06. The van der Waals surface area contributed by atoms with Crippen molar-refractivity contribution in [3.05, 3.63) is 84.8 Å². The van der Waals surface area contributed by atoms with Gasteiger partial charge in [0, 0.05) is 11.1 Å². The minimum Gasteiger partial charge on any atom is -0.496 e. The zero-order chi connectivity index (χ0) is 25.2. The first-order chi connectivity index (χ1) is 16.0. The molecule has 1 atom stereocenters. The number of carbonyl (C=O) groups is 1. The molecule has 0 radical (unpaired) electrons. The summed E-state index contributed by atoms with van der Waals surface area (Å²) in [6.07, 6.45) is -1.04. The van der Waals surface area contributed by atoms with Crippen molar-refractivity contribution in [3.63, 3.8) is 0 Å². The van der Waals surface area contributed by atoms with Gasteiger partial charge in [-0.2, -0.15) is 0 Å². The molecule has 0 saturated carbocycles. The molecule has 0 heterocycles. The van der Waals surface area contributed by atoms with Crippen LogP contribution < -0.4 is 9.47 Å². The summed E-state index contributed by atoms with van der Waals surface area (Å²) in [5, 5.41) is 20.5. The van der Waals surface area contributed by atoms with Crippen molar-refractivity contribution in [3.8, 4) is 17.2 Å². The van der Waals surface area contributed by atoms with Crippen molar-refractivity contribution >= 4 is 37.8 Å². The Morgan fingerprint density at radius 3 is 1.97 bits per heavy atom. The first kappa shape index (κ1) is 26.3. The number of rotatable bonds is 8. The van der Waals surface area contributed by atoms with E-state index >= 15 is 0 Å². The highest BCUT2D eigenvalue weighted by molar-refractivity contribution is 9.11. The number of benzene rings is 3. The van der Waals surface area contributed by atoms with Crippen LogP contribution in [0.25, 0.3) is 0 Å². The molecule has 180 valence electrons. The van der Waals surface area contributed by atoms with E-state index in [9.17, 15) is 9.90 Å². The van der Waals surface area contributed by atoms with Crippen LogP contribution in [0.2, 0.25) is 0 Å². The van der Waals surface area contributed by atoms with Crippen molar-refractivity contribution in [2.75, 3.05) is 7.11 Å². The maximum atomic E-state index is 11.4. The molecule has 3 aromatic rings. The van der Waals surface area contributed by atoms with Gasteiger partial charge in [0.1, 0.15) is 17.6 Å². The average molecular weight is 592 g/mol. The Balaban J connectivity index is 2.15. The third-order valence-electron chi connectivity index (χ3n) is 5.46. The summed E-state index contributed by atoms with van der Waals surface area (Å²) >= 11 is 7.02. The molecule has 1 unspecified atom stereocenters. The first-order valence-corrected chi connectivity index (χ1v) is 12.4. The van der Waals surface area contributed by atoms with Crippen LogP contribution in [0.1, 0.15) is 59.3 Å². The van der Waals surface area contributed by atoms with Gasteiger partial charge < -0.3 is 19.7 Å². The fourth-order valence-electron chi connectivity index (χ4n) is 3.97. The molecule has 2 N–H and O–H groups in total. The number of hydrogen-bond acceptors (Lipinski definition) is 4. The lowest BCUT2D eigenvalue weighted by atomic mass is 9.93. The average Bonchev–Trinajstić information content (AvgIpc) is 2.74. The second-order valence-corrected chi connectivity index (χ2v) is 10.4. The van der Waals surface area contributed by atoms with E-state index in [1.807, 2.05) is 38.1 Å². The molecule has 3 aromatic carbocycles. The summed E-state index contributed by atoms with van der Waals surface area (Å²) in [6, 6.07) is 13.1. The highest BCUT2D eigenvalue weighted by Gasteiger charge is 2.23. The summed E-state index contributed by atoms with van der Waals surface area (Å²) in [6.45, 7) is 8.12. The lowest BCUT2D eigenvalue weighted by molar-refractivity contribution is -0.136. The number of hydrogen-bond donors (Lipinski definition) is 2. The fourth-order valence-corrected chi connectivity index (χ4v) is 5.41. The Kier molecular flexibility index (Phi) is 8.44. The predicted molar refractivity (Wildman–Crippen MR) is 140 cm³/mol. The Hall–Kier alpha value is -2.35. The van der Waals surface area contributed by atoms with Crippen LogP contribution >= 0.6 is 31.9 Å². The van der Waals surface area contributed by atoms with Gasteiger partial charge in [0.05, 0.1) is 22.5 Å². The first-order valence-electron chi connectivity index (χ1n) is 10.9. The largest absolute Gasteiger partial charge is 0.496 e. The van der Waals surface area contributed by atoms with Crippen LogP contribution in [0, 0.1) is 13.8 Å². The monoisotopic (exact) mass is 590 g/mol. The van der Waals surface area contributed by atoms with E-state index in [4.69, 9.17) is 14.6 Å². The van der Waals surface area contributed by atoms with E-state index < -0.39 is 12.1 Å². The van der Waals surface area contributed by atoms with Gasteiger partial charge in [-0.25, -0.2) is 0 Å². The molecule has 0 bridgehead atoms. The van der Waals surface area contributed by atoms with E-state index in [0.717, 1.165) is 22.3 Å². The van der Waals surface area contributed by atoms with Crippen molar-refractivity contribution in [2.45, 2.75) is 46.1 Å². The van der Waals surface area contributed by atoms with Crippen LogP contribution in [-0.4, -0.2) is 23.3 Å². The molecular weight excluding hydrogens is 564 g/mol. The normalized spacial score (nSPS) is 12.0. The minimum absolute atomic E-state index is 0.103. The Morgan fingerprint density at radius 1 is 0.912 bits per heavy atom. The third-order valence-corrected chi connectivity index (χ3v) is 6.64. The number of carboxylic acids is 1. The number of aliphatic hydroxyl groups excluding tert-OH is 1. The zero-order valence-electron chi connectivity index (χ0n) is 19.8. The molecule has 0 aromatic heterocycles. The van der Waals surface area contributed by atoms with E-state index in [-0.39, 0.29) is 12.3 Å². The molecule has 7 heteroatoms. The Labute approximate surface area is 217 Å². The summed E-state index contributed by atoms with van der Waals surface area (Å²) in [4.78, 5) is 11.1. The quantitative estimate of drug-likeness (QED) is 0.284. The number of methoxy groups -OCH3 is 1. The van der Waals surface area contributed by atoms with Gasteiger partial charge in [0.25, 0.3) is 0 Å². The minimum atomic E-state index is -0.937. The Bertz CT molecular complexity index is 1180. The number of carboxylic acid groups (broad SMARTS) is 1. The molecule has 3 rings (SSSR count). The molecular formula is C27H28Br2O5. The van der Waals surface area contributed by atoms with Crippen molar-refractivity contribution in [1.82, 2.24) is 0 Å². The number of aryl methyl sites for hydroxylation is 2. The molecule has 0 aliphatic heterocycles. The Morgan fingerprint density at radius 2 is 1.47 bits per heavy atom. The van der Waals surface area contributed by atoms with Crippen molar-refractivity contribution in [1.29, 1.82) is 0 Å². The van der Waals surface area contributed by atoms with Crippen LogP contribution in [0.5, 0.6) is 17.2 Å². The van der Waals surface area contributed by atoms with Gasteiger partial charge >= 0.3 is 5.97 Å². The van der Waals surface area contributed by atoms with Crippen molar-refractivity contribution in [2.24, 2.45) is 0 Å². The van der Waals surface area contributed by atoms with E-state index in [1.54, 1.807) is 19.2 Å². The summed E-state index contributed by atoms with van der Waals surface area (Å²) < 4.78 is 13.2. The summed E-state index contributed by atoms with van der Waals surface area (Å²) in [5.41, 5.74) is 5.02. The van der Waals surface area contributed by atoms with Gasteiger partial charge in [-0.3, -0.25) is 4.79 Å².